The Kier molecular flexibility index (Phi) is 5.44. The van der Waals surface area contributed by atoms with E-state index in [9.17, 15) is 8.78 Å². The number of benzene rings is 1. The summed E-state index contributed by atoms with van der Waals surface area (Å²) in [7, 11) is 0. The number of rotatable bonds is 5. The molecule has 0 spiro atoms. The number of amidine groups is 1. The van der Waals surface area contributed by atoms with Gasteiger partial charge in [0.1, 0.15) is 5.82 Å². The van der Waals surface area contributed by atoms with E-state index in [2.05, 4.69) is 25.7 Å². The van der Waals surface area contributed by atoms with Crippen LogP contribution in [0.2, 0.25) is 0 Å². The van der Waals surface area contributed by atoms with E-state index in [0.717, 1.165) is 18.1 Å². The Morgan fingerprint density at radius 2 is 2.17 bits per heavy atom. The smallest absolute Gasteiger partial charge is 0.182 e. The van der Waals surface area contributed by atoms with Gasteiger partial charge in [0.25, 0.3) is 0 Å². The minimum Gasteiger partial charge on any atom is -0.383 e. The molecular weight excluding hydrogens is 394 g/mol. The number of ether oxygens (including phenoxy) is 1. The molecule has 154 valence electrons. The fraction of sp³-hybridized carbons (Fsp3) is 0.211. The van der Waals surface area contributed by atoms with E-state index < -0.39 is 11.6 Å². The van der Waals surface area contributed by atoms with Crippen LogP contribution in [0.15, 0.2) is 53.2 Å². The number of nitrogen functional groups attached to an aromatic ring is 1. The van der Waals surface area contributed by atoms with Gasteiger partial charge in [-0.25, -0.2) is 13.8 Å². The second-order valence-corrected chi connectivity index (χ2v) is 6.66. The molecule has 3 heterocycles. The molecule has 1 aliphatic rings. The Labute approximate surface area is 170 Å². The van der Waals surface area contributed by atoms with Gasteiger partial charge in [-0.15, -0.1) is 5.10 Å². The fourth-order valence-corrected chi connectivity index (χ4v) is 3.16. The molecule has 0 unspecified atom stereocenters. The van der Waals surface area contributed by atoms with Gasteiger partial charge < -0.3 is 15.8 Å². The first-order chi connectivity index (χ1) is 14.6. The van der Waals surface area contributed by atoms with Crippen molar-refractivity contribution in [3.05, 3.63) is 60.1 Å². The third-order valence-corrected chi connectivity index (χ3v) is 4.74. The molecule has 1 aliphatic heterocycles. The average Bonchev–Trinajstić information content (AvgIpc) is 3.43. The number of aromatic nitrogens is 3. The largest absolute Gasteiger partial charge is 0.383 e. The van der Waals surface area contributed by atoms with Gasteiger partial charge in [0, 0.05) is 30.1 Å². The summed E-state index contributed by atoms with van der Waals surface area (Å²) in [6.07, 6.45) is 6.03. The second kappa shape index (κ2) is 8.33. The maximum atomic E-state index is 14.1. The summed E-state index contributed by atoms with van der Waals surface area (Å²) in [5, 5.41) is 13.7. The first-order valence-corrected chi connectivity index (χ1v) is 9.10. The van der Waals surface area contributed by atoms with Crippen molar-refractivity contribution < 1.29 is 13.5 Å². The van der Waals surface area contributed by atoms with Crippen LogP contribution in [0.4, 0.5) is 20.3 Å². The monoisotopic (exact) mass is 412 g/mol. The van der Waals surface area contributed by atoms with Crippen LogP contribution in [0.1, 0.15) is 18.0 Å². The molecule has 0 saturated carbocycles. The lowest BCUT2D eigenvalue weighted by Crippen LogP contribution is -2.17. The van der Waals surface area contributed by atoms with Crippen LogP contribution in [0.25, 0.3) is 11.1 Å². The second-order valence-electron chi connectivity index (χ2n) is 6.66. The molecule has 4 rings (SSSR count). The van der Waals surface area contributed by atoms with Crippen LogP contribution < -0.4 is 11.1 Å². The lowest BCUT2D eigenvalue weighted by Gasteiger charge is -2.12. The van der Waals surface area contributed by atoms with Crippen LogP contribution in [-0.2, 0) is 4.74 Å². The van der Waals surface area contributed by atoms with E-state index in [-0.39, 0.29) is 28.9 Å². The number of nitrogens with one attached hydrogen (secondary N) is 2. The topological polar surface area (TPSA) is 127 Å². The summed E-state index contributed by atoms with van der Waals surface area (Å²) < 4.78 is 34.9. The van der Waals surface area contributed by atoms with Crippen molar-refractivity contribution in [1.82, 2.24) is 14.8 Å². The molecule has 9 nitrogen and oxygen atoms in total. The number of hydrogen-bond acceptors (Lipinski definition) is 6. The third kappa shape index (κ3) is 3.87. The van der Waals surface area contributed by atoms with Gasteiger partial charge >= 0.3 is 0 Å². The van der Waals surface area contributed by atoms with Crippen LogP contribution in [-0.4, -0.2) is 33.8 Å². The van der Waals surface area contributed by atoms with Crippen molar-refractivity contribution >= 4 is 17.3 Å². The molecule has 1 aromatic carbocycles. The Balaban J connectivity index is 1.68. The maximum Gasteiger partial charge on any atom is 0.182 e. The highest BCUT2D eigenvalue weighted by molar-refractivity contribution is 6.11. The normalized spacial score (nSPS) is 16.6. The quantitative estimate of drug-likeness (QED) is 0.256. The summed E-state index contributed by atoms with van der Waals surface area (Å²) in [4.78, 5) is 4.17. The van der Waals surface area contributed by atoms with Crippen LogP contribution >= 0.6 is 0 Å². The predicted octanol–water partition coefficient (Wildman–Crippen LogP) is 3.57. The molecule has 11 heteroatoms. The van der Waals surface area contributed by atoms with Gasteiger partial charge in [-0.2, -0.15) is 10.6 Å². The summed E-state index contributed by atoms with van der Waals surface area (Å²) >= 11 is 0. The number of halogens is 2. The molecular formula is C19H18F2N8O. The molecule has 0 radical (unpaired) electrons. The molecule has 3 aromatic rings. The summed E-state index contributed by atoms with van der Waals surface area (Å²) in [5.41, 5.74) is 14.6. The van der Waals surface area contributed by atoms with E-state index in [0.29, 0.717) is 18.8 Å². The summed E-state index contributed by atoms with van der Waals surface area (Å²) in [6, 6.07) is 5.52. The van der Waals surface area contributed by atoms with Crippen molar-refractivity contribution in [3.63, 3.8) is 0 Å². The number of pyridine rings is 1. The Morgan fingerprint density at radius 3 is 2.93 bits per heavy atom. The zero-order valence-corrected chi connectivity index (χ0v) is 15.7. The van der Waals surface area contributed by atoms with Gasteiger partial charge in [-0.1, -0.05) is 11.3 Å². The molecule has 0 aliphatic carbocycles. The first kappa shape index (κ1) is 19.6. The zero-order chi connectivity index (χ0) is 21.1. The number of anilines is 2. The molecule has 1 atom stereocenters. The number of hydrogen-bond donors (Lipinski definition) is 3. The van der Waals surface area contributed by atoms with Gasteiger partial charge in [0.05, 0.1) is 30.1 Å². The van der Waals surface area contributed by atoms with Gasteiger partial charge in [0.15, 0.2) is 17.5 Å². The summed E-state index contributed by atoms with van der Waals surface area (Å²) in [6.45, 7) is 1.31. The van der Waals surface area contributed by atoms with E-state index >= 15 is 0 Å². The lowest BCUT2D eigenvalue weighted by atomic mass is 10.1. The highest BCUT2D eigenvalue weighted by Crippen LogP contribution is 2.26. The minimum atomic E-state index is -1.09. The zero-order valence-electron chi connectivity index (χ0n) is 15.7. The van der Waals surface area contributed by atoms with Crippen LogP contribution in [0, 0.1) is 17.2 Å². The molecule has 0 bridgehead atoms. The van der Waals surface area contributed by atoms with Crippen molar-refractivity contribution in [3.8, 4) is 11.1 Å². The predicted molar refractivity (Wildman–Crippen MR) is 106 cm³/mol. The van der Waals surface area contributed by atoms with Crippen molar-refractivity contribution in [2.45, 2.75) is 12.5 Å². The molecule has 0 amide bonds. The average molecular weight is 412 g/mol. The SMILES string of the molecule is N=N/N=C(\Nc1cccc(F)c1F)c1cc(-c2cnn([C@H]3CCOC3)c2)cnc1N. The van der Waals surface area contributed by atoms with Gasteiger partial charge in [-0.05, 0) is 24.6 Å². The third-order valence-electron chi connectivity index (χ3n) is 4.74. The minimum absolute atomic E-state index is 0.0436. The Bertz CT molecular complexity index is 1110. The molecule has 2 aromatic heterocycles. The fourth-order valence-electron chi connectivity index (χ4n) is 3.16. The Hall–Kier alpha value is -3.73. The van der Waals surface area contributed by atoms with E-state index in [1.165, 1.54) is 12.1 Å². The number of nitrogens with two attached hydrogens (primary N) is 1. The highest BCUT2D eigenvalue weighted by atomic mass is 19.2. The molecule has 1 saturated heterocycles. The van der Waals surface area contributed by atoms with Crippen molar-refractivity contribution in [1.29, 1.82) is 5.53 Å². The summed E-state index contributed by atoms with van der Waals surface area (Å²) in [5.74, 6) is -2.07. The van der Waals surface area contributed by atoms with Crippen molar-refractivity contribution in [2.75, 3.05) is 24.3 Å². The van der Waals surface area contributed by atoms with Crippen molar-refractivity contribution in [2.24, 2.45) is 10.3 Å². The standard InChI is InChI=1S/C19H18F2N8O/c20-15-2-1-3-16(17(15)21)26-19(27-28-23)14-6-11(7-24-18(14)22)12-8-25-29(9-12)13-4-5-30-10-13/h1-3,6-9,13H,4-5,10H2,(H2,22,24)(H2,23,26,27)/t13-/m0/s1. The van der Waals surface area contributed by atoms with Crippen LogP contribution in [0.3, 0.4) is 0 Å². The lowest BCUT2D eigenvalue weighted by molar-refractivity contribution is 0.184. The molecule has 4 N–H and O–H groups in total. The van der Waals surface area contributed by atoms with E-state index in [1.807, 2.05) is 10.9 Å². The van der Waals surface area contributed by atoms with Gasteiger partial charge in [-0.3, -0.25) is 4.68 Å². The number of nitrogens with zero attached hydrogens (tertiary/aromatic N) is 5. The Morgan fingerprint density at radius 1 is 1.30 bits per heavy atom. The highest BCUT2D eigenvalue weighted by Gasteiger charge is 2.20. The molecule has 1 fully saturated rings. The first-order valence-electron chi connectivity index (χ1n) is 9.10. The maximum absolute atomic E-state index is 14.1. The van der Waals surface area contributed by atoms with Gasteiger partial charge in [0.2, 0.25) is 0 Å². The van der Waals surface area contributed by atoms with Crippen LogP contribution in [0.5, 0.6) is 0 Å². The van der Waals surface area contributed by atoms with E-state index in [1.54, 1.807) is 18.5 Å². The van der Waals surface area contributed by atoms with E-state index in [4.69, 9.17) is 16.0 Å². The molecule has 30 heavy (non-hydrogen) atoms.